The van der Waals surface area contributed by atoms with Crippen LogP contribution in [0.1, 0.15) is 17.9 Å². The molecule has 0 N–H and O–H groups in total. The SMILES string of the molecule is c1ccc(C2CCN(CC3CO3)C2)cc1. The highest BCUT2D eigenvalue weighted by molar-refractivity contribution is 5.21. The number of likely N-dealkylation sites (tertiary alicyclic amines) is 1. The third kappa shape index (κ3) is 2.21. The van der Waals surface area contributed by atoms with E-state index >= 15 is 0 Å². The van der Waals surface area contributed by atoms with Gasteiger partial charge in [0.25, 0.3) is 0 Å². The fraction of sp³-hybridized carbons (Fsp3) is 0.538. The van der Waals surface area contributed by atoms with Crippen molar-refractivity contribution in [3.63, 3.8) is 0 Å². The normalized spacial score (nSPS) is 30.7. The van der Waals surface area contributed by atoms with Crippen molar-refractivity contribution in [3.8, 4) is 0 Å². The van der Waals surface area contributed by atoms with E-state index in [0.717, 1.165) is 19.1 Å². The van der Waals surface area contributed by atoms with Crippen molar-refractivity contribution in [2.75, 3.05) is 26.2 Å². The monoisotopic (exact) mass is 203 g/mol. The number of benzene rings is 1. The van der Waals surface area contributed by atoms with Crippen molar-refractivity contribution >= 4 is 0 Å². The van der Waals surface area contributed by atoms with Crippen LogP contribution in [0.5, 0.6) is 0 Å². The molecule has 2 fully saturated rings. The van der Waals surface area contributed by atoms with Gasteiger partial charge in [-0.3, -0.25) is 0 Å². The summed E-state index contributed by atoms with van der Waals surface area (Å²) in [7, 11) is 0. The highest BCUT2D eigenvalue weighted by Gasteiger charge is 2.30. The molecule has 0 radical (unpaired) electrons. The molecular formula is C13H17NO. The summed E-state index contributed by atoms with van der Waals surface area (Å²) in [5, 5.41) is 0. The van der Waals surface area contributed by atoms with Crippen LogP contribution >= 0.6 is 0 Å². The van der Waals surface area contributed by atoms with E-state index < -0.39 is 0 Å². The van der Waals surface area contributed by atoms with Crippen LogP contribution in [0.25, 0.3) is 0 Å². The van der Waals surface area contributed by atoms with E-state index in [1.54, 1.807) is 0 Å². The number of epoxide rings is 1. The van der Waals surface area contributed by atoms with E-state index in [1.807, 2.05) is 0 Å². The molecule has 2 saturated heterocycles. The van der Waals surface area contributed by atoms with Crippen molar-refractivity contribution in [1.29, 1.82) is 0 Å². The van der Waals surface area contributed by atoms with Gasteiger partial charge in [-0.25, -0.2) is 0 Å². The van der Waals surface area contributed by atoms with Gasteiger partial charge in [0, 0.05) is 13.1 Å². The van der Waals surface area contributed by atoms with E-state index in [9.17, 15) is 0 Å². The van der Waals surface area contributed by atoms with Crippen LogP contribution in [0.3, 0.4) is 0 Å². The maximum Gasteiger partial charge on any atom is 0.0936 e. The van der Waals surface area contributed by atoms with Crippen molar-refractivity contribution in [2.24, 2.45) is 0 Å². The third-order valence-electron chi connectivity index (χ3n) is 3.41. The topological polar surface area (TPSA) is 15.8 Å². The first-order valence-electron chi connectivity index (χ1n) is 5.81. The van der Waals surface area contributed by atoms with Gasteiger partial charge in [0.05, 0.1) is 12.7 Å². The summed E-state index contributed by atoms with van der Waals surface area (Å²) >= 11 is 0. The molecule has 2 nitrogen and oxygen atoms in total. The Morgan fingerprint density at radius 2 is 2.07 bits per heavy atom. The number of ether oxygens (including phenoxy) is 1. The van der Waals surface area contributed by atoms with E-state index in [4.69, 9.17) is 4.74 Å². The molecule has 2 heterocycles. The second-order valence-electron chi connectivity index (χ2n) is 4.61. The first-order valence-corrected chi connectivity index (χ1v) is 5.81. The van der Waals surface area contributed by atoms with Gasteiger partial charge in [0.1, 0.15) is 0 Å². The van der Waals surface area contributed by atoms with Crippen LogP contribution in [-0.2, 0) is 4.74 Å². The Balaban J connectivity index is 1.60. The molecule has 1 aromatic rings. The summed E-state index contributed by atoms with van der Waals surface area (Å²) in [6.07, 6.45) is 1.84. The molecule has 2 atom stereocenters. The van der Waals surface area contributed by atoms with Gasteiger partial charge in [-0.2, -0.15) is 0 Å². The Morgan fingerprint density at radius 1 is 1.27 bits per heavy atom. The summed E-state index contributed by atoms with van der Waals surface area (Å²) in [5.41, 5.74) is 1.50. The van der Waals surface area contributed by atoms with Gasteiger partial charge in [-0.1, -0.05) is 30.3 Å². The van der Waals surface area contributed by atoms with E-state index in [1.165, 1.54) is 25.1 Å². The first-order chi connectivity index (χ1) is 7.42. The fourth-order valence-electron chi connectivity index (χ4n) is 2.46. The molecule has 2 aliphatic heterocycles. The van der Waals surface area contributed by atoms with Crippen molar-refractivity contribution in [3.05, 3.63) is 35.9 Å². The van der Waals surface area contributed by atoms with Crippen LogP contribution in [0.15, 0.2) is 30.3 Å². The van der Waals surface area contributed by atoms with Gasteiger partial charge < -0.3 is 9.64 Å². The Bertz CT molecular complexity index is 321. The minimum atomic E-state index is 0.541. The molecule has 0 aliphatic carbocycles. The van der Waals surface area contributed by atoms with E-state index in [0.29, 0.717) is 6.10 Å². The molecule has 0 bridgehead atoms. The third-order valence-corrected chi connectivity index (χ3v) is 3.41. The van der Waals surface area contributed by atoms with Gasteiger partial charge in [0.15, 0.2) is 0 Å². The summed E-state index contributed by atoms with van der Waals surface area (Å²) < 4.78 is 5.27. The van der Waals surface area contributed by atoms with Gasteiger partial charge in [-0.05, 0) is 24.4 Å². The molecule has 1 aromatic carbocycles. The lowest BCUT2D eigenvalue weighted by atomic mass is 9.99. The maximum absolute atomic E-state index is 5.27. The molecule has 80 valence electrons. The Hall–Kier alpha value is -0.860. The van der Waals surface area contributed by atoms with Crippen LogP contribution in [0.2, 0.25) is 0 Å². The predicted molar refractivity (Wildman–Crippen MR) is 60.0 cm³/mol. The Labute approximate surface area is 90.8 Å². The zero-order valence-corrected chi connectivity index (χ0v) is 8.93. The number of hydrogen-bond acceptors (Lipinski definition) is 2. The second-order valence-corrected chi connectivity index (χ2v) is 4.61. The molecule has 0 aromatic heterocycles. The predicted octanol–water partition coefficient (Wildman–Crippen LogP) is 1.87. The number of hydrogen-bond donors (Lipinski definition) is 0. The maximum atomic E-state index is 5.27. The molecular weight excluding hydrogens is 186 g/mol. The van der Waals surface area contributed by atoms with Crippen LogP contribution in [0, 0.1) is 0 Å². The summed E-state index contributed by atoms with van der Waals surface area (Å²) in [4.78, 5) is 2.54. The average molecular weight is 203 g/mol. The Kier molecular flexibility index (Phi) is 2.47. The smallest absolute Gasteiger partial charge is 0.0936 e. The summed E-state index contributed by atoms with van der Waals surface area (Å²) in [5.74, 6) is 0.741. The van der Waals surface area contributed by atoms with Gasteiger partial charge in [-0.15, -0.1) is 0 Å². The molecule has 3 rings (SSSR count). The lowest BCUT2D eigenvalue weighted by Crippen LogP contribution is -2.25. The fourth-order valence-corrected chi connectivity index (χ4v) is 2.46. The van der Waals surface area contributed by atoms with Crippen LogP contribution in [-0.4, -0.2) is 37.2 Å². The lowest BCUT2D eigenvalue weighted by Gasteiger charge is -2.14. The molecule has 2 aliphatic rings. The summed E-state index contributed by atoms with van der Waals surface area (Å²) in [6.45, 7) is 4.57. The zero-order valence-electron chi connectivity index (χ0n) is 8.93. The summed E-state index contributed by atoms with van der Waals surface area (Å²) in [6, 6.07) is 10.9. The minimum absolute atomic E-state index is 0.541. The zero-order chi connectivity index (χ0) is 10.1. The van der Waals surface area contributed by atoms with E-state index in [-0.39, 0.29) is 0 Å². The molecule has 15 heavy (non-hydrogen) atoms. The molecule has 0 spiro atoms. The highest BCUT2D eigenvalue weighted by atomic mass is 16.6. The largest absolute Gasteiger partial charge is 0.372 e. The second kappa shape index (κ2) is 3.95. The first kappa shape index (κ1) is 9.37. The van der Waals surface area contributed by atoms with Crippen LogP contribution < -0.4 is 0 Å². The van der Waals surface area contributed by atoms with E-state index in [2.05, 4.69) is 35.2 Å². The quantitative estimate of drug-likeness (QED) is 0.697. The van der Waals surface area contributed by atoms with Crippen molar-refractivity contribution in [2.45, 2.75) is 18.4 Å². The molecule has 2 unspecified atom stereocenters. The lowest BCUT2D eigenvalue weighted by molar-refractivity contribution is 0.283. The number of nitrogens with zero attached hydrogens (tertiary/aromatic N) is 1. The standard InChI is InChI=1S/C13H17NO/c1-2-4-11(5-3-1)12-6-7-14(8-12)9-13-10-15-13/h1-5,12-13H,6-10H2. The van der Waals surface area contributed by atoms with Gasteiger partial charge in [0.2, 0.25) is 0 Å². The molecule has 2 heteroatoms. The van der Waals surface area contributed by atoms with Crippen LogP contribution in [0.4, 0.5) is 0 Å². The average Bonchev–Trinajstić information content (AvgIpc) is 2.96. The Morgan fingerprint density at radius 3 is 2.80 bits per heavy atom. The molecule has 0 amide bonds. The highest BCUT2D eigenvalue weighted by Crippen LogP contribution is 2.27. The number of rotatable bonds is 3. The minimum Gasteiger partial charge on any atom is -0.372 e. The van der Waals surface area contributed by atoms with Crippen molar-refractivity contribution in [1.82, 2.24) is 4.90 Å². The molecule has 0 saturated carbocycles. The van der Waals surface area contributed by atoms with Gasteiger partial charge >= 0.3 is 0 Å². The van der Waals surface area contributed by atoms with Crippen molar-refractivity contribution < 1.29 is 4.74 Å².